The van der Waals surface area contributed by atoms with Crippen molar-refractivity contribution < 1.29 is 5.11 Å². The van der Waals surface area contributed by atoms with Crippen LogP contribution in [0.2, 0.25) is 0 Å². The molecule has 3 aromatic rings. The molecular weight excluding hydrogens is 440 g/mol. The molecule has 9 heteroatoms. The number of nitrogens with two attached hydrogens (primary N) is 1. The number of fused-ring (bicyclic) bond motifs is 1. The lowest BCUT2D eigenvalue weighted by Gasteiger charge is -2.37. The van der Waals surface area contributed by atoms with E-state index in [4.69, 9.17) is 10.7 Å². The molecule has 4 rings (SSSR count). The van der Waals surface area contributed by atoms with Crippen LogP contribution in [-0.4, -0.2) is 74.3 Å². The molecule has 3 aromatic heterocycles. The van der Waals surface area contributed by atoms with Crippen LogP contribution in [0.25, 0.3) is 22.2 Å². The zero-order valence-electron chi connectivity index (χ0n) is 21.3. The molecule has 4 N–H and O–H groups in total. The Balaban J connectivity index is 1.55. The summed E-state index contributed by atoms with van der Waals surface area (Å²) in [6.45, 7) is 12.7. The second kappa shape index (κ2) is 10.7. The Morgan fingerprint density at radius 1 is 1.11 bits per heavy atom. The summed E-state index contributed by atoms with van der Waals surface area (Å²) in [5.41, 5.74) is 7.95. The summed E-state index contributed by atoms with van der Waals surface area (Å²) in [7, 11) is 0. The van der Waals surface area contributed by atoms with Gasteiger partial charge in [0.15, 0.2) is 0 Å². The zero-order valence-corrected chi connectivity index (χ0v) is 21.3. The summed E-state index contributed by atoms with van der Waals surface area (Å²) in [5, 5.41) is 14.2. The van der Waals surface area contributed by atoms with Crippen molar-refractivity contribution in [1.82, 2.24) is 24.8 Å². The average molecular weight is 479 g/mol. The van der Waals surface area contributed by atoms with Gasteiger partial charge in [-0.15, -0.1) is 0 Å². The highest BCUT2D eigenvalue weighted by molar-refractivity contribution is 5.91. The molecule has 0 aliphatic carbocycles. The zero-order chi connectivity index (χ0) is 25.0. The molecule has 1 saturated heterocycles. The van der Waals surface area contributed by atoms with Gasteiger partial charge in [0.2, 0.25) is 5.95 Å². The van der Waals surface area contributed by atoms with Crippen molar-refractivity contribution in [2.75, 3.05) is 48.7 Å². The lowest BCUT2D eigenvalue weighted by Crippen LogP contribution is -2.49. The van der Waals surface area contributed by atoms with E-state index in [2.05, 4.69) is 63.0 Å². The molecule has 35 heavy (non-hydrogen) atoms. The Labute approximate surface area is 207 Å². The van der Waals surface area contributed by atoms with Crippen LogP contribution in [0.4, 0.5) is 17.6 Å². The van der Waals surface area contributed by atoms with Crippen molar-refractivity contribution in [3.63, 3.8) is 0 Å². The lowest BCUT2D eigenvalue weighted by molar-refractivity contribution is 0.209. The molecule has 0 bridgehead atoms. The third-order valence-electron chi connectivity index (χ3n) is 6.86. The number of rotatable bonds is 9. The van der Waals surface area contributed by atoms with Gasteiger partial charge in [0.1, 0.15) is 11.6 Å². The number of aromatic nitrogens is 4. The van der Waals surface area contributed by atoms with E-state index >= 15 is 0 Å². The van der Waals surface area contributed by atoms with Crippen LogP contribution in [0.15, 0.2) is 30.6 Å². The molecule has 0 aromatic carbocycles. The molecular formula is C26H38N8O. The number of unbranched alkanes of at least 4 members (excludes halogenated alkanes) is 1. The Hall–Kier alpha value is -3.04. The van der Waals surface area contributed by atoms with Gasteiger partial charge in [-0.3, -0.25) is 9.88 Å². The molecule has 0 amide bonds. The molecule has 188 valence electrons. The summed E-state index contributed by atoms with van der Waals surface area (Å²) >= 11 is 0. The summed E-state index contributed by atoms with van der Waals surface area (Å²) in [6.07, 6.45) is 6.51. The van der Waals surface area contributed by atoms with Gasteiger partial charge >= 0.3 is 0 Å². The number of anilines is 3. The van der Waals surface area contributed by atoms with Gasteiger partial charge in [0, 0.05) is 50.2 Å². The maximum Gasteiger partial charge on any atom is 0.222 e. The van der Waals surface area contributed by atoms with E-state index in [-0.39, 0.29) is 12.6 Å². The number of nitrogen functional groups attached to an aromatic ring is 1. The highest BCUT2D eigenvalue weighted by Crippen LogP contribution is 2.29. The van der Waals surface area contributed by atoms with Crippen LogP contribution in [0.3, 0.4) is 0 Å². The van der Waals surface area contributed by atoms with Crippen molar-refractivity contribution in [2.45, 2.75) is 58.5 Å². The second-order valence-electron chi connectivity index (χ2n) is 9.99. The fraction of sp³-hybridized carbons (Fsp3) is 0.538. The first-order chi connectivity index (χ1) is 16.8. The molecule has 4 heterocycles. The van der Waals surface area contributed by atoms with Crippen molar-refractivity contribution in [2.24, 2.45) is 0 Å². The number of piperazine rings is 1. The number of aliphatic hydroxyl groups is 1. The number of nitrogens with one attached hydrogen (secondary N) is 1. The number of hydrogen-bond acceptors (Lipinski definition) is 9. The standard InChI is InChI=1S/C26H38N8O/c1-5-6-9-26(4,17-35)32-24-20-16-28-21(14-22(20)30-25(27)31-24)19-7-8-23(29-15-19)34-12-10-33(11-13-34)18(2)3/h7-8,14-16,18,35H,5-6,9-13,17H2,1-4H3,(H3,27,30,31,32)/t26-/m1/s1. The molecule has 1 aliphatic rings. The molecule has 0 saturated carbocycles. The summed E-state index contributed by atoms with van der Waals surface area (Å²) in [4.78, 5) is 23.1. The van der Waals surface area contributed by atoms with E-state index in [1.807, 2.05) is 19.2 Å². The number of pyridine rings is 2. The quantitative estimate of drug-likeness (QED) is 0.424. The van der Waals surface area contributed by atoms with Crippen LogP contribution >= 0.6 is 0 Å². The van der Waals surface area contributed by atoms with Gasteiger partial charge in [0.25, 0.3) is 0 Å². The maximum atomic E-state index is 10.00. The normalized spacial score (nSPS) is 16.6. The molecule has 1 aliphatic heterocycles. The number of aliphatic hydroxyl groups excluding tert-OH is 1. The third-order valence-corrected chi connectivity index (χ3v) is 6.86. The van der Waals surface area contributed by atoms with E-state index in [0.29, 0.717) is 17.4 Å². The first-order valence-electron chi connectivity index (χ1n) is 12.6. The van der Waals surface area contributed by atoms with Crippen LogP contribution in [0, 0.1) is 0 Å². The fourth-order valence-corrected chi connectivity index (χ4v) is 4.52. The first-order valence-corrected chi connectivity index (χ1v) is 12.6. The average Bonchev–Trinajstić information content (AvgIpc) is 2.87. The molecule has 9 nitrogen and oxygen atoms in total. The maximum absolute atomic E-state index is 10.00. The topological polar surface area (TPSA) is 116 Å². The smallest absolute Gasteiger partial charge is 0.222 e. The fourth-order valence-electron chi connectivity index (χ4n) is 4.52. The molecule has 0 spiro atoms. The SMILES string of the molecule is CCCC[C@](C)(CO)Nc1nc(N)nc2cc(-c3ccc(N4CCN(C(C)C)CC4)nc3)ncc12. The number of nitrogens with zero attached hydrogens (tertiary/aromatic N) is 6. The van der Waals surface area contributed by atoms with Crippen LogP contribution in [0.5, 0.6) is 0 Å². The predicted octanol–water partition coefficient (Wildman–Crippen LogP) is 3.55. The Bertz CT molecular complexity index is 1130. The summed E-state index contributed by atoms with van der Waals surface area (Å²) in [5.74, 6) is 1.77. The minimum atomic E-state index is -0.497. The van der Waals surface area contributed by atoms with Gasteiger partial charge in [-0.1, -0.05) is 19.8 Å². The molecule has 0 unspecified atom stereocenters. The van der Waals surface area contributed by atoms with Gasteiger partial charge in [-0.2, -0.15) is 4.98 Å². The predicted molar refractivity (Wildman–Crippen MR) is 143 cm³/mol. The Kier molecular flexibility index (Phi) is 7.66. The van der Waals surface area contributed by atoms with Gasteiger partial charge < -0.3 is 21.1 Å². The molecule has 1 atom stereocenters. The van der Waals surface area contributed by atoms with Gasteiger partial charge in [-0.05, 0) is 45.4 Å². The third kappa shape index (κ3) is 5.79. The van der Waals surface area contributed by atoms with Crippen LogP contribution < -0.4 is 16.0 Å². The van der Waals surface area contributed by atoms with Gasteiger partial charge in [0.05, 0.1) is 28.7 Å². The molecule has 0 radical (unpaired) electrons. The van der Waals surface area contributed by atoms with Crippen LogP contribution in [0.1, 0.15) is 47.0 Å². The van der Waals surface area contributed by atoms with Crippen molar-refractivity contribution >= 4 is 28.5 Å². The largest absolute Gasteiger partial charge is 0.394 e. The monoisotopic (exact) mass is 478 g/mol. The second-order valence-corrected chi connectivity index (χ2v) is 9.99. The minimum Gasteiger partial charge on any atom is -0.394 e. The first kappa shape index (κ1) is 25.1. The lowest BCUT2D eigenvalue weighted by atomic mass is 9.95. The van der Waals surface area contributed by atoms with Crippen LogP contribution in [-0.2, 0) is 0 Å². The minimum absolute atomic E-state index is 0.00551. The van der Waals surface area contributed by atoms with Crippen molar-refractivity contribution in [1.29, 1.82) is 0 Å². The Morgan fingerprint density at radius 3 is 2.51 bits per heavy atom. The highest BCUT2D eigenvalue weighted by Gasteiger charge is 2.25. The Morgan fingerprint density at radius 2 is 1.89 bits per heavy atom. The van der Waals surface area contributed by atoms with E-state index < -0.39 is 5.54 Å². The van der Waals surface area contributed by atoms with Crippen molar-refractivity contribution in [3.8, 4) is 11.3 Å². The van der Waals surface area contributed by atoms with Gasteiger partial charge in [-0.25, -0.2) is 9.97 Å². The summed E-state index contributed by atoms with van der Waals surface area (Å²) in [6, 6.07) is 6.61. The van der Waals surface area contributed by atoms with Crippen molar-refractivity contribution in [3.05, 3.63) is 30.6 Å². The van der Waals surface area contributed by atoms with E-state index in [9.17, 15) is 5.11 Å². The molecule has 1 fully saturated rings. The van der Waals surface area contributed by atoms with E-state index in [1.165, 1.54) is 0 Å². The van der Waals surface area contributed by atoms with E-state index in [1.54, 1.807) is 6.20 Å². The number of hydrogen-bond donors (Lipinski definition) is 3. The summed E-state index contributed by atoms with van der Waals surface area (Å²) < 4.78 is 0. The van der Waals surface area contributed by atoms with E-state index in [0.717, 1.165) is 67.9 Å². The highest BCUT2D eigenvalue weighted by atomic mass is 16.3.